The van der Waals surface area contributed by atoms with Gasteiger partial charge in [-0.1, -0.05) is 12.1 Å². The number of alkyl halides is 3. The molecule has 0 fully saturated rings. The van der Waals surface area contributed by atoms with Gasteiger partial charge in [-0.2, -0.15) is 13.2 Å². The molecule has 0 atom stereocenters. The third-order valence-electron chi connectivity index (χ3n) is 3.32. The highest BCUT2D eigenvalue weighted by Crippen LogP contribution is 2.30. The van der Waals surface area contributed by atoms with Crippen LogP contribution >= 0.6 is 11.8 Å². The summed E-state index contributed by atoms with van der Waals surface area (Å²) in [7, 11) is 0. The van der Waals surface area contributed by atoms with Gasteiger partial charge >= 0.3 is 6.18 Å². The standard InChI is InChI=1S/C17H12F3NO3S/c1-25-14-8-2-11(3-9-14)10-15(16(22)17(18,19)20)12-4-6-13(7-5-12)21(23)24/h2-10H,1H3/b15-10+. The normalized spacial score (nSPS) is 12.1. The molecule has 2 aromatic rings. The van der Waals surface area contributed by atoms with Crippen LogP contribution in [0.4, 0.5) is 18.9 Å². The van der Waals surface area contributed by atoms with Gasteiger partial charge in [0.15, 0.2) is 0 Å². The van der Waals surface area contributed by atoms with E-state index in [1.807, 2.05) is 6.26 Å². The first-order chi connectivity index (χ1) is 11.7. The van der Waals surface area contributed by atoms with Gasteiger partial charge in [0.2, 0.25) is 0 Å². The number of benzene rings is 2. The van der Waals surface area contributed by atoms with E-state index in [1.165, 1.54) is 11.8 Å². The molecule has 0 aromatic heterocycles. The van der Waals surface area contributed by atoms with Crippen molar-refractivity contribution in [1.82, 2.24) is 0 Å². The number of nitro benzene ring substituents is 1. The number of ketones is 1. The lowest BCUT2D eigenvalue weighted by atomic mass is 9.98. The highest BCUT2D eigenvalue weighted by atomic mass is 32.2. The average Bonchev–Trinajstić information content (AvgIpc) is 2.59. The van der Waals surface area contributed by atoms with Crippen molar-refractivity contribution in [3.05, 3.63) is 69.8 Å². The topological polar surface area (TPSA) is 60.2 Å². The Balaban J connectivity index is 2.50. The Morgan fingerprint density at radius 3 is 2.08 bits per heavy atom. The fourth-order valence-corrected chi connectivity index (χ4v) is 2.47. The first-order valence-electron chi connectivity index (χ1n) is 6.94. The van der Waals surface area contributed by atoms with E-state index in [0.717, 1.165) is 35.2 Å². The molecule has 0 radical (unpaired) electrons. The van der Waals surface area contributed by atoms with Crippen molar-refractivity contribution < 1.29 is 22.9 Å². The minimum Gasteiger partial charge on any atom is -0.284 e. The van der Waals surface area contributed by atoms with Crippen molar-refractivity contribution >= 4 is 34.9 Å². The molecule has 8 heteroatoms. The van der Waals surface area contributed by atoms with E-state index >= 15 is 0 Å². The Kier molecular flexibility index (Phi) is 5.63. The molecule has 0 heterocycles. The molecule has 4 nitrogen and oxygen atoms in total. The summed E-state index contributed by atoms with van der Waals surface area (Å²) in [5.74, 6) is -2.00. The summed E-state index contributed by atoms with van der Waals surface area (Å²) >= 11 is 1.48. The number of halogens is 3. The summed E-state index contributed by atoms with van der Waals surface area (Å²) in [5.41, 5.74) is -0.461. The molecule has 0 aliphatic carbocycles. The second-order valence-corrected chi connectivity index (χ2v) is 5.84. The molecule has 0 spiro atoms. The van der Waals surface area contributed by atoms with Crippen molar-refractivity contribution in [2.45, 2.75) is 11.1 Å². The van der Waals surface area contributed by atoms with E-state index in [0.29, 0.717) is 5.56 Å². The Labute approximate surface area is 145 Å². The van der Waals surface area contributed by atoms with Gasteiger partial charge in [0, 0.05) is 22.6 Å². The molecule has 0 bridgehead atoms. The second kappa shape index (κ2) is 7.52. The van der Waals surface area contributed by atoms with Gasteiger partial charge in [0.25, 0.3) is 11.5 Å². The Morgan fingerprint density at radius 1 is 1.08 bits per heavy atom. The smallest absolute Gasteiger partial charge is 0.284 e. The molecule has 0 aliphatic heterocycles. The Morgan fingerprint density at radius 2 is 1.64 bits per heavy atom. The summed E-state index contributed by atoms with van der Waals surface area (Å²) in [5, 5.41) is 10.7. The highest BCUT2D eigenvalue weighted by Gasteiger charge is 2.41. The van der Waals surface area contributed by atoms with Crippen LogP contribution in [0.5, 0.6) is 0 Å². The van der Waals surface area contributed by atoms with Crippen LogP contribution in [0, 0.1) is 10.1 Å². The highest BCUT2D eigenvalue weighted by molar-refractivity contribution is 7.98. The summed E-state index contributed by atoms with van der Waals surface area (Å²) in [6.07, 6.45) is -2.06. The van der Waals surface area contributed by atoms with Crippen LogP contribution in [0.3, 0.4) is 0 Å². The molecular weight excluding hydrogens is 355 g/mol. The quantitative estimate of drug-likeness (QED) is 0.246. The third-order valence-corrected chi connectivity index (χ3v) is 4.06. The van der Waals surface area contributed by atoms with Crippen molar-refractivity contribution in [2.75, 3.05) is 6.26 Å². The molecule has 0 unspecified atom stereocenters. The number of hydrogen-bond donors (Lipinski definition) is 0. The van der Waals surface area contributed by atoms with E-state index in [2.05, 4.69) is 0 Å². The van der Waals surface area contributed by atoms with Crippen LogP contribution in [0.15, 0.2) is 53.4 Å². The predicted octanol–water partition coefficient (Wildman–Crippen LogP) is 4.99. The first kappa shape index (κ1) is 18.7. The van der Waals surface area contributed by atoms with Gasteiger partial charge in [-0.05, 0) is 47.7 Å². The predicted molar refractivity (Wildman–Crippen MR) is 90.3 cm³/mol. The summed E-state index contributed by atoms with van der Waals surface area (Å²) in [6, 6.07) is 11.0. The lowest BCUT2D eigenvalue weighted by Gasteiger charge is -2.10. The van der Waals surface area contributed by atoms with E-state index in [-0.39, 0.29) is 11.3 Å². The summed E-state index contributed by atoms with van der Waals surface area (Å²) < 4.78 is 38.7. The molecule has 0 N–H and O–H groups in total. The van der Waals surface area contributed by atoms with Gasteiger partial charge in [-0.3, -0.25) is 14.9 Å². The van der Waals surface area contributed by atoms with Crippen molar-refractivity contribution in [3.63, 3.8) is 0 Å². The van der Waals surface area contributed by atoms with E-state index in [1.54, 1.807) is 24.3 Å². The molecule has 2 rings (SSSR count). The summed E-state index contributed by atoms with van der Waals surface area (Å²) in [6.45, 7) is 0. The monoisotopic (exact) mass is 367 g/mol. The van der Waals surface area contributed by atoms with Gasteiger partial charge < -0.3 is 0 Å². The molecule has 0 aliphatic rings. The molecule has 25 heavy (non-hydrogen) atoms. The SMILES string of the molecule is CSc1ccc(/C=C(/C(=O)C(F)(F)F)c2ccc([N+](=O)[O-])cc2)cc1. The zero-order valence-electron chi connectivity index (χ0n) is 12.9. The molecule has 2 aromatic carbocycles. The largest absolute Gasteiger partial charge is 0.454 e. The van der Waals surface area contributed by atoms with Gasteiger partial charge in [0.05, 0.1) is 4.92 Å². The Bertz CT molecular complexity index is 813. The number of thioether (sulfide) groups is 1. The Hall–Kier alpha value is -2.61. The number of nitro groups is 1. The number of non-ortho nitro benzene ring substituents is 1. The molecule has 0 amide bonds. The zero-order valence-corrected chi connectivity index (χ0v) is 13.7. The summed E-state index contributed by atoms with van der Waals surface area (Å²) in [4.78, 5) is 22.7. The number of carbonyl (C=O) groups is 1. The van der Waals surface area contributed by atoms with Crippen LogP contribution in [-0.4, -0.2) is 23.1 Å². The fraction of sp³-hybridized carbons (Fsp3) is 0.118. The fourth-order valence-electron chi connectivity index (χ4n) is 2.06. The second-order valence-electron chi connectivity index (χ2n) is 4.96. The maximum absolute atomic E-state index is 12.9. The van der Waals surface area contributed by atoms with E-state index < -0.39 is 22.5 Å². The number of hydrogen-bond acceptors (Lipinski definition) is 4. The minimum atomic E-state index is -5.05. The van der Waals surface area contributed by atoms with E-state index in [9.17, 15) is 28.1 Å². The molecule has 0 saturated carbocycles. The number of carbonyl (C=O) groups excluding carboxylic acids is 1. The van der Waals surface area contributed by atoms with Crippen molar-refractivity contribution in [1.29, 1.82) is 0 Å². The number of rotatable bonds is 5. The maximum Gasteiger partial charge on any atom is 0.454 e. The lowest BCUT2D eigenvalue weighted by molar-refractivity contribution is -0.384. The van der Waals surface area contributed by atoms with Crippen molar-refractivity contribution in [3.8, 4) is 0 Å². The first-order valence-corrected chi connectivity index (χ1v) is 8.17. The van der Waals surface area contributed by atoms with Crippen LogP contribution in [-0.2, 0) is 4.79 Å². The number of nitrogens with zero attached hydrogens (tertiary/aromatic N) is 1. The molecule has 0 saturated heterocycles. The van der Waals surface area contributed by atoms with Crippen molar-refractivity contribution in [2.24, 2.45) is 0 Å². The number of allylic oxidation sites excluding steroid dienone is 1. The lowest BCUT2D eigenvalue weighted by Crippen LogP contribution is -2.23. The zero-order chi connectivity index (χ0) is 18.6. The number of Topliss-reactive ketones (excluding diaryl/α,β-unsaturated/α-hetero) is 1. The van der Waals surface area contributed by atoms with Crippen LogP contribution < -0.4 is 0 Å². The van der Waals surface area contributed by atoms with Crippen LogP contribution in [0.2, 0.25) is 0 Å². The average molecular weight is 367 g/mol. The van der Waals surface area contributed by atoms with E-state index in [4.69, 9.17) is 0 Å². The minimum absolute atomic E-state index is 0.0399. The van der Waals surface area contributed by atoms with Gasteiger partial charge in [0.1, 0.15) is 0 Å². The molecular formula is C17H12F3NO3S. The maximum atomic E-state index is 12.9. The third kappa shape index (κ3) is 4.69. The van der Waals surface area contributed by atoms with Gasteiger partial charge in [-0.25, -0.2) is 0 Å². The van der Waals surface area contributed by atoms with Gasteiger partial charge in [-0.15, -0.1) is 11.8 Å². The molecule has 130 valence electrons. The van der Waals surface area contributed by atoms with Crippen LogP contribution in [0.25, 0.3) is 11.6 Å². The van der Waals surface area contributed by atoms with Crippen LogP contribution in [0.1, 0.15) is 11.1 Å².